The minimum absolute atomic E-state index is 0.0106. The molecule has 0 spiro atoms. The Balaban J connectivity index is 2.21. The number of hydrogen-bond acceptors (Lipinski definition) is 5. The van der Waals surface area contributed by atoms with E-state index in [1.807, 2.05) is 30.3 Å². The van der Waals surface area contributed by atoms with E-state index < -0.39 is 10.8 Å². The number of aliphatic hydroxyl groups excluding tert-OH is 1. The highest BCUT2D eigenvalue weighted by Gasteiger charge is 2.19. The maximum Gasteiger partial charge on any atom is 0.292 e. The average Bonchev–Trinajstić information content (AvgIpc) is 2.59. The van der Waals surface area contributed by atoms with Crippen LogP contribution < -0.4 is 11.1 Å². The first-order valence-electron chi connectivity index (χ1n) is 7.53. The molecule has 0 saturated heterocycles. The van der Waals surface area contributed by atoms with Crippen molar-refractivity contribution in [2.24, 2.45) is 0 Å². The molecule has 0 aliphatic rings. The maximum absolute atomic E-state index is 12.4. The van der Waals surface area contributed by atoms with Crippen LogP contribution in [-0.2, 0) is 0 Å². The highest BCUT2D eigenvalue weighted by atomic mass is 16.6. The van der Waals surface area contributed by atoms with E-state index in [4.69, 9.17) is 10.8 Å². The van der Waals surface area contributed by atoms with Crippen molar-refractivity contribution >= 4 is 17.3 Å². The lowest BCUT2D eigenvalue weighted by atomic mass is 10.0. The molecule has 0 aliphatic heterocycles. The van der Waals surface area contributed by atoms with Gasteiger partial charge in [-0.2, -0.15) is 0 Å². The number of anilines is 1. The number of aliphatic hydroxyl groups is 1. The molecule has 24 heavy (non-hydrogen) atoms. The van der Waals surface area contributed by atoms with Gasteiger partial charge < -0.3 is 16.2 Å². The van der Waals surface area contributed by atoms with Gasteiger partial charge in [-0.25, -0.2) is 0 Å². The fraction of sp³-hybridized carbons (Fsp3) is 0.235. The van der Waals surface area contributed by atoms with Gasteiger partial charge in [0.15, 0.2) is 0 Å². The van der Waals surface area contributed by atoms with Crippen LogP contribution in [0.25, 0.3) is 0 Å². The van der Waals surface area contributed by atoms with Gasteiger partial charge in [0.2, 0.25) is 0 Å². The lowest BCUT2D eigenvalue weighted by molar-refractivity contribution is -0.383. The van der Waals surface area contributed by atoms with Crippen LogP contribution in [0.3, 0.4) is 0 Å². The van der Waals surface area contributed by atoms with Crippen LogP contribution in [0, 0.1) is 10.1 Å². The van der Waals surface area contributed by atoms with Crippen LogP contribution in [-0.4, -0.2) is 22.5 Å². The number of amides is 1. The van der Waals surface area contributed by atoms with Crippen molar-refractivity contribution in [1.29, 1.82) is 0 Å². The number of nitro groups is 1. The number of nitrogens with one attached hydrogen (secondary N) is 1. The van der Waals surface area contributed by atoms with E-state index in [1.165, 1.54) is 18.2 Å². The molecule has 0 radical (unpaired) electrons. The summed E-state index contributed by atoms with van der Waals surface area (Å²) in [5, 5.41) is 22.8. The van der Waals surface area contributed by atoms with E-state index in [-0.39, 0.29) is 29.6 Å². The second-order valence-electron chi connectivity index (χ2n) is 5.33. The van der Waals surface area contributed by atoms with Crippen molar-refractivity contribution in [2.45, 2.75) is 18.9 Å². The molecule has 4 N–H and O–H groups in total. The zero-order chi connectivity index (χ0) is 17.5. The third-order valence-electron chi connectivity index (χ3n) is 3.65. The van der Waals surface area contributed by atoms with E-state index in [9.17, 15) is 14.9 Å². The molecule has 1 amide bonds. The van der Waals surface area contributed by atoms with Crippen LogP contribution in [0.15, 0.2) is 48.5 Å². The summed E-state index contributed by atoms with van der Waals surface area (Å²) in [4.78, 5) is 22.8. The minimum atomic E-state index is -0.618. The number of nitrogens with zero attached hydrogens (tertiary/aromatic N) is 1. The number of nitrogens with two attached hydrogens (primary N) is 1. The molecule has 1 unspecified atom stereocenters. The molecule has 1 atom stereocenters. The molecule has 7 nitrogen and oxygen atoms in total. The number of hydrogen-bond donors (Lipinski definition) is 3. The molecule has 126 valence electrons. The van der Waals surface area contributed by atoms with E-state index in [0.29, 0.717) is 12.8 Å². The molecule has 0 aromatic heterocycles. The normalized spacial score (nSPS) is 11.7. The van der Waals surface area contributed by atoms with Crippen molar-refractivity contribution in [3.05, 3.63) is 69.8 Å². The Morgan fingerprint density at radius 3 is 2.58 bits per heavy atom. The zero-order valence-electron chi connectivity index (χ0n) is 13.0. The van der Waals surface area contributed by atoms with Gasteiger partial charge in [0.05, 0.1) is 11.0 Å². The summed E-state index contributed by atoms with van der Waals surface area (Å²) in [6.07, 6.45) is 1.09. The molecule has 0 heterocycles. The van der Waals surface area contributed by atoms with Crippen LogP contribution in [0.4, 0.5) is 11.4 Å². The van der Waals surface area contributed by atoms with Crippen molar-refractivity contribution in [3.63, 3.8) is 0 Å². The van der Waals surface area contributed by atoms with Crippen molar-refractivity contribution in [3.8, 4) is 0 Å². The molecule has 0 saturated carbocycles. The summed E-state index contributed by atoms with van der Waals surface area (Å²) in [6, 6.07) is 13.0. The summed E-state index contributed by atoms with van der Waals surface area (Å²) < 4.78 is 0. The summed E-state index contributed by atoms with van der Waals surface area (Å²) in [5.74, 6) is -0.426. The van der Waals surface area contributed by atoms with E-state index in [2.05, 4.69) is 5.32 Å². The Hall–Kier alpha value is -2.93. The summed E-state index contributed by atoms with van der Waals surface area (Å²) in [5.41, 5.74) is 6.34. The van der Waals surface area contributed by atoms with Crippen molar-refractivity contribution in [2.75, 3.05) is 12.3 Å². The third-order valence-corrected chi connectivity index (χ3v) is 3.65. The van der Waals surface area contributed by atoms with E-state index in [1.54, 1.807) is 0 Å². The van der Waals surface area contributed by atoms with E-state index in [0.717, 1.165) is 5.56 Å². The number of nitro benzene ring substituents is 1. The van der Waals surface area contributed by atoms with Crippen LogP contribution in [0.2, 0.25) is 0 Å². The highest BCUT2D eigenvalue weighted by molar-refractivity contribution is 5.95. The van der Waals surface area contributed by atoms with Crippen molar-refractivity contribution in [1.82, 2.24) is 5.32 Å². The van der Waals surface area contributed by atoms with Gasteiger partial charge in [0.25, 0.3) is 11.6 Å². The Morgan fingerprint density at radius 1 is 1.25 bits per heavy atom. The quantitative estimate of drug-likeness (QED) is 0.409. The minimum Gasteiger partial charge on any atom is -0.396 e. The molecule has 2 rings (SSSR count). The van der Waals surface area contributed by atoms with Crippen LogP contribution in [0.1, 0.15) is 34.8 Å². The SMILES string of the molecule is Nc1ccc(C(=O)NC(CCCO)c2ccccc2)cc1[N+](=O)[O-]. The zero-order valence-corrected chi connectivity index (χ0v) is 13.0. The van der Waals surface area contributed by atoms with Gasteiger partial charge in [-0.3, -0.25) is 14.9 Å². The predicted molar refractivity (Wildman–Crippen MR) is 90.5 cm³/mol. The Labute approximate surface area is 139 Å². The molecule has 0 bridgehead atoms. The maximum atomic E-state index is 12.4. The topological polar surface area (TPSA) is 118 Å². The number of carbonyl (C=O) groups excluding carboxylic acids is 1. The Kier molecular flexibility index (Phi) is 5.86. The van der Waals surface area contributed by atoms with Gasteiger partial charge in [0.1, 0.15) is 5.69 Å². The van der Waals surface area contributed by atoms with Crippen LogP contribution in [0.5, 0.6) is 0 Å². The lowest BCUT2D eigenvalue weighted by Gasteiger charge is -2.19. The smallest absolute Gasteiger partial charge is 0.292 e. The van der Waals surface area contributed by atoms with Gasteiger partial charge >= 0.3 is 0 Å². The lowest BCUT2D eigenvalue weighted by Crippen LogP contribution is -2.28. The summed E-state index contributed by atoms with van der Waals surface area (Å²) >= 11 is 0. The summed E-state index contributed by atoms with van der Waals surface area (Å²) in [7, 11) is 0. The molecule has 7 heteroatoms. The average molecular weight is 329 g/mol. The molecule has 0 fully saturated rings. The van der Waals surface area contributed by atoms with Gasteiger partial charge in [-0.05, 0) is 30.5 Å². The van der Waals surface area contributed by atoms with Gasteiger partial charge in [-0.1, -0.05) is 30.3 Å². The number of nitrogen functional groups attached to an aromatic ring is 1. The number of benzene rings is 2. The molecule has 0 aliphatic carbocycles. The van der Waals surface area contributed by atoms with Crippen molar-refractivity contribution < 1.29 is 14.8 Å². The third kappa shape index (κ3) is 4.30. The van der Waals surface area contributed by atoms with Gasteiger partial charge in [0, 0.05) is 18.2 Å². The predicted octanol–water partition coefficient (Wildman–Crippen LogP) is 2.42. The van der Waals surface area contributed by atoms with Crippen LogP contribution >= 0.6 is 0 Å². The number of rotatable bonds is 7. The van der Waals surface area contributed by atoms with E-state index >= 15 is 0 Å². The largest absolute Gasteiger partial charge is 0.396 e. The fourth-order valence-corrected chi connectivity index (χ4v) is 2.39. The first kappa shape index (κ1) is 17.4. The van der Waals surface area contributed by atoms with Gasteiger partial charge in [-0.15, -0.1) is 0 Å². The standard InChI is InChI=1S/C17H19N3O4/c18-14-9-8-13(11-16(14)20(23)24)17(22)19-15(7-4-10-21)12-5-2-1-3-6-12/h1-3,5-6,8-9,11,15,21H,4,7,10,18H2,(H,19,22). The Morgan fingerprint density at radius 2 is 1.96 bits per heavy atom. The summed E-state index contributed by atoms with van der Waals surface area (Å²) in [6.45, 7) is 0.0204. The monoisotopic (exact) mass is 329 g/mol. The first-order chi connectivity index (χ1) is 11.5. The fourth-order valence-electron chi connectivity index (χ4n) is 2.39. The first-order valence-corrected chi connectivity index (χ1v) is 7.53. The Bertz CT molecular complexity index is 719. The highest BCUT2D eigenvalue weighted by Crippen LogP contribution is 2.24. The molecule has 2 aromatic carbocycles. The second-order valence-corrected chi connectivity index (χ2v) is 5.33. The molecule has 2 aromatic rings. The second kappa shape index (κ2) is 8.07. The molecular formula is C17H19N3O4. The number of carbonyl (C=O) groups is 1. The molecular weight excluding hydrogens is 310 g/mol.